The highest BCUT2D eigenvalue weighted by Crippen LogP contribution is 2.69. The van der Waals surface area contributed by atoms with E-state index in [9.17, 15) is 9.59 Å². The number of carbonyl (C=O) groups excluding carboxylic acids is 2. The summed E-state index contributed by atoms with van der Waals surface area (Å²) in [5, 5.41) is 2.97. The Hall–Kier alpha value is -1.22. The molecule has 0 unspecified atom stereocenters. The molecular formula is C35H57NO7. The summed E-state index contributed by atoms with van der Waals surface area (Å²) in [5.74, 6) is 1.76. The fourth-order valence-corrected chi connectivity index (χ4v) is 11.1. The van der Waals surface area contributed by atoms with Gasteiger partial charge in [0.15, 0.2) is 0 Å². The zero-order valence-corrected chi connectivity index (χ0v) is 27.6. The zero-order valence-electron chi connectivity index (χ0n) is 27.6. The van der Waals surface area contributed by atoms with Gasteiger partial charge in [-0.2, -0.15) is 19.6 Å². The quantitative estimate of drug-likeness (QED) is 0.252. The lowest BCUT2D eigenvalue weighted by Gasteiger charge is -2.64. The van der Waals surface area contributed by atoms with Gasteiger partial charge in [-0.15, -0.1) is 0 Å². The minimum absolute atomic E-state index is 0.0960. The third kappa shape index (κ3) is 5.69. The first-order valence-electron chi connectivity index (χ1n) is 17.6. The van der Waals surface area contributed by atoms with E-state index in [4.69, 9.17) is 24.3 Å². The van der Waals surface area contributed by atoms with E-state index < -0.39 is 11.6 Å². The number of fused-ring (bicyclic) bond motifs is 5. The molecule has 6 rings (SSSR count). The van der Waals surface area contributed by atoms with Gasteiger partial charge in [0.2, 0.25) is 17.5 Å². The number of esters is 1. The molecule has 1 heterocycles. The predicted molar refractivity (Wildman–Crippen MR) is 161 cm³/mol. The third-order valence-corrected chi connectivity index (χ3v) is 13.7. The van der Waals surface area contributed by atoms with Crippen LogP contribution in [0.5, 0.6) is 0 Å². The van der Waals surface area contributed by atoms with Gasteiger partial charge in [-0.3, -0.25) is 9.59 Å². The summed E-state index contributed by atoms with van der Waals surface area (Å²) in [5.41, 5.74) is 0.334. The normalized spacial score (nSPS) is 48.2. The molecule has 9 atom stereocenters. The molecule has 8 heteroatoms. The Morgan fingerprint density at radius 1 is 0.884 bits per heavy atom. The van der Waals surface area contributed by atoms with Crippen molar-refractivity contribution in [3.8, 4) is 0 Å². The van der Waals surface area contributed by atoms with Crippen molar-refractivity contribution in [2.24, 2.45) is 52.3 Å². The van der Waals surface area contributed by atoms with E-state index in [-0.39, 0.29) is 34.7 Å². The molecule has 244 valence electrons. The van der Waals surface area contributed by atoms with Gasteiger partial charge in [-0.25, -0.2) is 0 Å². The average Bonchev–Trinajstić information content (AvgIpc) is 3.33. The number of nitrogens with one attached hydrogen (secondary N) is 1. The molecule has 6 aliphatic rings. The van der Waals surface area contributed by atoms with Crippen molar-refractivity contribution in [3.63, 3.8) is 0 Å². The second-order valence-electron chi connectivity index (χ2n) is 16.1. The van der Waals surface area contributed by atoms with Gasteiger partial charge in [-0.05, 0) is 111 Å². The van der Waals surface area contributed by atoms with E-state index in [1.807, 2.05) is 6.92 Å². The average molecular weight is 604 g/mol. The number of amides is 1. The van der Waals surface area contributed by atoms with Crippen LogP contribution in [0.2, 0.25) is 0 Å². The van der Waals surface area contributed by atoms with Crippen molar-refractivity contribution in [2.75, 3.05) is 6.54 Å². The van der Waals surface area contributed by atoms with Crippen LogP contribution in [-0.4, -0.2) is 36.1 Å². The van der Waals surface area contributed by atoms with Crippen molar-refractivity contribution < 1.29 is 33.9 Å². The maximum absolute atomic E-state index is 12.5. The van der Waals surface area contributed by atoms with Gasteiger partial charge in [0, 0.05) is 51.5 Å². The topological polar surface area (TPSA) is 92.3 Å². The highest BCUT2D eigenvalue weighted by atomic mass is 17.4. The molecule has 0 bridgehead atoms. The second kappa shape index (κ2) is 11.9. The van der Waals surface area contributed by atoms with E-state index in [0.29, 0.717) is 54.9 Å². The predicted octanol–water partition coefficient (Wildman–Crippen LogP) is 7.25. The van der Waals surface area contributed by atoms with Crippen molar-refractivity contribution in [3.05, 3.63) is 0 Å². The van der Waals surface area contributed by atoms with Crippen LogP contribution in [0.3, 0.4) is 0 Å². The molecule has 1 aliphatic heterocycles. The van der Waals surface area contributed by atoms with Gasteiger partial charge in [0.05, 0.1) is 0 Å². The minimum atomic E-state index is -0.896. The standard InChI is InChI=1S/C35H57NO7/c1-7-36-30(38)11-8-23(3)26-9-10-27-31-28(14-15-33(26,27)6)32(5)18-19-35(21-25(32)20-29(31)39-24(4)37)42-40-34(41-43-35)16-12-22(2)13-17-34/h22-23,25-29,31H,7-21H2,1-6H3,(H,36,38)/t22?,23-,25-,26-,27+,28+,29-,31+,32+,33-,34?,35?/m1/s1. The van der Waals surface area contributed by atoms with Gasteiger partial charge in [0.1, 0.15) is 6.10 Å². The number of hydrogen-bond donors (Lipinski definition) is 1. The molecule has 43 heavy (non-hydrogen) atoms. The SMILES string of the molecule is CCNC(=O)CC[C@@H](C)[C@H]1CC[C@H]2[C@@H]3[C@H](OC(C)=O)C[C@@H]4CC5(CC[C@]4(C)[C@H]3CC[C@]12C)OOC1(CCC(C)CC1)OO5. The van der Waals surface area contributed by atoms with E-state index in [0.717, 1.165) is 57.8 Å². The molecule has 1 amide bonds. The number of rotatable bonds is 6. The fraction of sp³-hybridized carbons (Fsp3) is 0.943. The van der Waals surface area contributed by atoms with E-state index >= 15 is 0 Å². The van der Waals surface area contributed by atoms with Crippen LogP contribution < -0.4 is 5.32 Å². The molecule has 2 spiro atoms. The molecule has 6 fully saturated rings. The number of carbonyl (C=O) groups is 2. The van der Waals surface area contributed by atoms with Crippen molar-refractivity contribution in [2.45, 2.75) is 149 Å². The monoisotopic (exact) mass is 603 g/mol. The lowest BCUT2D eigenvalue weighted by Crippen LogP contribution is -2.62. The lowest BCUT2D eigenvalue weighted by atomic mass is 9.43. The van der Waals surface area contributed by atoms with Crippen LogP contribution in [0.25, 0.3) is 0 Å². The molecule has 0 radical (unpaired) electrons. The van der Waals surface area contributed by atoms with Crippen LogP contribution in [0.15, 0.2) is 0 Å². The summed E-state index contributed by atoms with van der Waals surface area (Å²) >= 11 is 0. The van der Waals surface area contributed by atoms with Crippen molar-refractivity contribution in [1.29, 1.82) is 0 Å². The largest absolute Gasteiger partial charge is 0.462 e. The molecule has 5 saturated carbocycles. The van der Waals surface area contributed by atoms with Gasteiger partial charge >= 0.3 is 5.97 Å². The highest BCUT2D eigenvalue weighted by Gasteiger charge is 2.66. The molecule has 5 aliphatic carbocycles. The van der Waals surface area contributed by atoms with Gasteiger partial charge < -0.3 is 10.1 Å². The van der Waals surface area contributed by atoms with Crippen LogP contribution in [0, 0.1) is 52.3 Å². The molecule has 1 N–H and O–H groups in total. The van der Waals surface area contributed by atoms with Crippen LogP contribution in [0.4, 0.5) is 0 Å². The molecule has 0 aromatic heterocycles. The summed E-state index contributed by atoms with van der Waals surface area (Å²) in [4.78, 5) is 49.2. The Morgan fingerprint density at radius 2 is 1.56 bits per heavy atom. The lowest BCUT2D eigenvalue weighted by molar-refractivity contribution is -0.665. The van der Waals surface area contributed by atoms with Gasteiger partial charge in [0.25, 0.3) is 0 Å². The smallest absolute Gasteiger partial charge is 0.302 e. The Balaban J connectivity index is 1.18. The summed E-state index contributed by atoms with van der Waals surface area (Å²) < 4.78 is 6.25. The number of ether oxygens (including phenoxy) is 1. The first-order chi connectivity index (χ1) is 20.4. The van der Waals surface area contributed by atoms with E-state index in [2.05, 4.69) is 33.0 Å². The first kappa shape index (κ1) is 31.7. The summed E-state index contributed by atoms with van der Waals surface area (Å²) in [7, 11) is 0. The maximum atomic E-state index is 12.5. The Bertz CT molecular complexity index is 1030. The zero-order chi connectivity index (χ0) is 30.6. The van der Waals surface area contributed by atoms with Gasteiger partial charge in [-0.1, -0.05) is 27.7 Å². The number of hydrogen-bond acceptors (Lipinski definition) is 7. The summed E-state index contributed by atoms with van der Waals surface area (Å²) in [6.07, 6.45) is 13.1. The maximum Gasteiger partial charge on any atom is 0.302 e. The van der Waals surface area contributed by atoms with Crippen molar-refractivity contribution >= 4 is 11.9 Å². The molecular weight excluding hydrogens is 546 g/mol. The molecule has 8 nitrogen and oxygen atoms in total. The van der Waals surface area contributed by atoms with Crippen LogP contribution in [0.1, 0.15) is 131 Å². The molecule has 0 aromatic rings. The fourth-order valence-electron chi connectivity index (χ4n) is 11.1. The Labute approximate surface area is 258 Å². The first-order valence-corrected chi connectivity index (χ1v) is 17.6. The van der Waals surface area contributed by atoms with Crippen LogP contribution >= 0.6 is 0 Å². The second-order valence-corrected chi connectivity index (χ2v) is 16.1. The summed E-state index contributed by atoms with van der Waals surface area (Å²) in [6, 6.07) is 0. The Kier molecular flexibility index (Phi) is 8.75. The van der Waals surface area contributed by atoms with E-state index in [1.54, 1.807) is 6.92 Å². The van der Waals surface area contributed by atoms with Crippen molar-refractivity contribution in [1.82, 2.24) is 5.32 Å². The minimum Gasteiger partial charge on any atom is -0.462 e. The molecule has 1 saturated heterocycles. The highest BCUT2D eigenvalue weighted by molar-refractivity contribution is 5.75. The van der Waals surface area contributed by atoms with E-state index in [1.165, 1.54) is 19.3 Å². The van der Waals surface area contributed by atoms with Crippen LogP contribution in [-0.2, 0) is 33.9 Å². The third-order valence-electron chi connectivity index (χ3n) is 13.7. The summed E-state index contributed by atoms with van der Waals surface area (Å²) in [6.45, 7) is 13.9. The molecule has 0 aromatic carbocycles. The Morgan fingerprint density at radius 3 is 2.23 bits per heavy atom.